The van der Waals surface area contributed by atoms with Crippen molar-refractivity contribution in [3.05, 3.63) is 40.0 Å². The van der Waals surface area contributed by atoms with Crippen molar-refractivity contribution >= 4 is 40.7 Å². The fourth-order valence-electron chi connectivity index (χ4n) is 2.19. The lowest BCUT2D eigenvalue weighted by atomic mass is 10.2. The molecule has 1 heterocycles. The maximum absolute atomic E-state index is 9.20. The first-order valence-electron chi connectivity index (χ1n) is 7.54. The van der Waals surface area contributed by atoms with Crippen molar-refractivity contribution in [2.75, 3.05) is 17.2 Å². The number of rotatable bonds is 6. The van der Waals surface area contributed by atoms with Crippen molar-refractivity contribution in [3.63, 3.8) is 0 Å². The standard InChI is InChI=1S/C16H18Cl2N4O/c1-9(8-23)19-16-20-13(10-5-6-10)7-14(22-16)21-15-11(17)3-2-4-12(15)18/h2-4,7,9-10,23H,5-6,8H2,1H3,(H2,19,20,21,22)/t9-/m1/s1. The molecule has 0 radical (unpaired) electrons. The molecular formula is C16H18Cl2N4O. The van der Waals surface area contributed by atoms with Crippen LogP contribution in [-0.2, 0) is 0 Å². The predicted molar refractivity (Wildman–Crippen MR) is 93.9 cm³/mol. The minimum atomic E-state index is -0.124. The number of hydrogen-bond acceptors (Lipinski definition) is 5. The second-order valence-electron chi connectivity index (χ2n) is 5.73. The van der Waals surface area contributed by atoms with Gasteiger partial charge in [-0.3, -0.25) is 0 Å². The van der Waals surface area contributed by atoms with Crippen LogP contribution in [0.15, 0.2) is 24.3 Å². The van der Waals surface area contributed by atoms with Crippen LogP contribution < -0.4 is 10.6 Å². The minimum Gasteiger partial charge on any atom is -0.394 e. The first-order valence-corrected chi connectivity index (χ1v) is 8.30. The second kappa shape index (κ2) is 6.91. The van der Waals surface area contributed by atoms with Crippen molar-refractivity contribution in [2.45, 2.75) is 31.7 Å². The van der Waals surface area contributed by atoms with Crippen molar-refractivity contribution < 1.29 is 5.11 Å². The molecule has 2 aromatic rings. The Balaban J connectivity index is 1.91. The molecule has 0 unspecified atom stereocenters. The maximum atomic E-state index is 9.20. The fraction of sp³-hybridized carbons (Fsp3) is 0.375. The minimum absolute atomic E-state index is 0.0100. The van der Waals surface area contributed by atoms with Crippen molar-refractivity contribution in [1.82, 2.24) is 9.97 Å². The third-order valence-electron chi connectivity index (χ3n) is 3.61. The molecule has 7 heteroatoms. The maximum Gasteiger partial charge on any atom is 0.225 e. The molecule has 23 heavy (non-hydrogen) atoms. The lowest BCUT2D eigenvalue weighted by Gasteiger charge is -2.15. The van der Waals surface area contributed by atoms with E-state index in [1.807, 2.05) is 13.0 Å². The van der Waals surface area contributed by atoms with Crippen molar-refractivity contribution in [1.29, 1.82) is 0 Å². The summed E-state index contributed by atoms with van der Waals surface area (Å²) in [7, 11) is 0. The number of benzene rings is 1. The molecular weight excluding hydrogens is 335 g/mol. The highest BCUT2D eigenvalue weighted by Gasteiger charge is 2.26. The lowest BCUT2D eigenvalue weighted by molar-refractivity contribution is 0.281. The van der Waals surface area contributed by atoms with E-state index >= 15 is 0 Å². The third-order valence-corrected chi connectivity index (χ3v) is 4.24. The molecule has 0 aliphatic heterocycles. The van der Waals surface area contributed by atoms with Gasteiger partial charge in [0.25, 0.3) is 0 Å². The van der Waals surface area contributed by atoms with Crippen LogP contribution in [0.4, 0.5) is 17.5 Å². The van der Waals surface area contributed by atoms with Crippen LogP contribution >= 0.6 is 23.2 Å². The fourth-order valence-corrected chi connectivity index (χ4v) is 2.69. The van der Waals surface area contributed by atoms with E-state index in [1.54, 1.807) is 18.2 Å². The van der Waals surface area contributed by atoms with Crippen LogP contribution in [0.5, 0.6) is 0 Å². The number of aromatic nitrogens is 2. The molecule has 1 fully saturated rings. The first kappa shape index (κ1) is 16.3. The SMILES string of the molecule is C[C@H](CO)Nc1nc(Nc2c(Cl)cccc2Cl)cc(C2CC2)n1. The smallest absolute Gasteiger partial charge is 0.225 e. The van der Waals surface area contributed by atoms with E-state index in [0.29, 0.717) is 33.4 Å². The predicted octanol–water partition coefficient (Wildman–Crippen LogP) is 4.20. The zero-order chi connectivity index (χ0) is 16.4. The third kappa shape index (κ3) is 4.05. The molecule has 0 amide bonds. The van der Waals surface area contributed by atoms with E-state index in [1.165, 1.54) is 0 Å². The topological polar surface area (TPSA) is 70.1 Å². The largest absolute Gasteiger partial charge is 0.394 e. The molecule has 1 aliphatic carbocycles. The Morgan fingerprint density at radius 1 is 1.26 bits per heavy atom. The van der Waals surface area contributed by atoms with Crippen molar-refractivity contribution in [2.24, 2.45) is 0 Å². The number of nitrogens with one attached hydrogen (secondary N) is 2. The van der Waals surface area contributed by atoms with Gasteiger partial charge in [-0.2, -0.15) is 4.98 Å². The van der Waals surface area contributed by atoms with Crippen LogP contribution in [0, 0.1) is 0 Å². The van der Waals surface area contributed by atoms with Crippen LogP contribution in [-0.4, -0.2) is 27.7 Å². The molecule has 3 N–H and O–H groups in total. The normalized spacial score (nSPS) is 15.3. The summed E-state index contributed by atoms with van der Waals surface area (Å²) in [5.41, 5.74) is 1.61. The van der Waals surface area contributed by atoms with E-state index < -0.39 is 0 Å². The summed E-state index contributed by atoms with van der Waals surface area (Å²) in [5.74, 6) is 1.59. The zero-order valence-electron chi connectivity index (χ0n) is 12.7. The van der Waals surface area contributed by atoms with Gasteiger partial charge in [0.2, 0.25) is 5.95 Å². The van der Waals surface area contributed by atoms with Crippen LogP contribution in [0.1, 0.15) is 31.4 Å². The summed E-state index contributed by atoms with van der Waals surface area (Å²) >= 11 is 12.4. The summed E-state index contributed by atoms with van der Waals surface area (Å²) in [4.78, 5) is 8.98. The molecule has 1 aliphatic rings. The molecule has 122 valence electrons. The number of aliphatic hydroxyl groups is 1. The monoisotopic (exact) mass is 352 g/mol. The lowest BCUT2D eigenvalue weighted by Crippen LogP contribution is -2.21. The molecule has 3 rings (SSSR count). The summed E-state index contributed by atoms with van der Waals surface area (Å²) in [5, 5.41) is 16.5. The van der Waals surface area contributed by atoms with Gasteiger partial charge in [0.05, 0.1) is 28.0 Å². The highest BCUT2D eigenvalue weighted by atomic mass is 35.5. The van der Waals surface area contributed by atoms with Crippen LogP contribution in [0.3, 0.4) is 0 Å². The Kier molecular flexibility index (Phi) is 4.90. The zero-order valence-corrected chi connectivity index (χ0v) is 14.2. The molecule has 5 nitrogen and oxygen atoms in total. The Morgan fingerprint density at radius 3 is 2.57 bits per heavy atom. The Morgan fingerprint density at radius 2 is 1.96 bits per heavy atom. The molecule has 1 aromatic carbocycles. The summed E-state index contributed by atoms with van der Waals surface area (Å²) in [6.07, 6.45) is 2.27. The van der Waals surface area contributed by atoms with Crippen LogP contribution in [0.25, 0.3) is 0 Å². The van der Waals surface area contributed by atoms with Crippen molar-refractivity contribution in [3.8, 4) is 0 Å². The average molecular weight is 353 g/mol. The molecule has 0 spiro atoms. The highest BCUT2D eigenvalue weighted by Crippen LogP contribution is 2.40. The van der Waals surface area contributed by atoms with Gasteiger partial charge in [-0.25, -0.2) is 4.98 Å². The number of nitrogens with zero attached hydrogens (tertiary/aromatic N) is 2. The number of aliphatic hydroxyl groups excluding tert-OH is 1. The molecule has 1 saturated carbocycles. The average Bonchev–Trinajstić information content (AvgIpc) is 3.35. The van der Waals surface area contributed by atoms with Gasteiger partial charge in [-0.05, 0) is 31.9 Å². The van der Waals surface area contributed by atoms with Gasteiger partial charge >= 0.3 is 0 Å². The van der Waals surface area contributed by atoms with Gasteiger partial charge in [0, 0.05) is 18.0 Å². The number of hydrogen-bond donors (Lipinski definition) is 3. The molecule has 1 atom stereocenters. The van der Waals surface area contributed by atoms with Gasteiger partial charge < -0.3 is 15.7 Å². The van der Waals surface area contributed by atoms with E-state index in [-0.39, 0.29) is 12.6 Å². The Bertz CT molecular complexity index is 686. The van der Waals surface area contributed by atoms with Gasteiger partial charge in [0.1, 0.15) is 5.82 Å². The van der Waals surface area contributed by atoms with Gasteiger partial charge in [-0.15, -0.1) is 0 Å². The Hall–Kier alpha value is -1.56. The van der Waals surface area contributed by atoms with E-state index in [4.69, 9.17) is 23.2 Å². The van der Waals surface area contributed by atoms with E-state index in [2.05, 4.69) is 20.6 Å². The van der Waals surface area contributed by atoms with E-state index in [9.17, 15) is 5.11 Å². The summed E-state index contributed by atoms with van der Waals surface area (Å²) < 4.78 is 0. The van der Waals surface area contributed by atoms with Crippen LogP contribution in [0.2, 0.25) is 10.0 Å². The van der Waals surface area contributed by atoms with Gasteiger partial charge in [0.15, 0.2) is 0 Å². The Labute approximate surface area is 145 Å². The number of halogens is 2. The van der Waals surface area contributed by atoms with E-state index in [0.717, 1.165) is 18.5 Å². The first-order chi connectivity index (χ1) is 11.1. The number of anilines is 3. The summed E-state index contributed by atoms with van der Waals surface area (Å²) in [6.45, 7) is 1.88. The highest BCUT2D eigenvalue weighted by molar-refractivity contribution is 6.39. The molecule has 0 bridgehead atoms. The van der Waals surface area contributed by atoms with Gasteiger partial charge in [-0.1, -0.05) is 29.3 Å². The second-order valence-corrected chi connectivity index (χ2v) is 6.54. The molecule has 0 saturated heterocycles. The molecule has 1 aromatic heterocycles. The quantitative estimate of drug-likeness (QED) is 0.726. The number of para-hydroxylation sites is 1. The summed E-state index contributed by atoms with van der Waals surface area (Å²) in [6, 6.07) is 7.13.